The Morgan fingerprint density at radius 2 is 1.00 bits per heavy atom. The highest BCUT2D eigenvalue weighted by Crippen LogP contribution is 2.48. The van der Waals surface area contributed by atoms with Gasteiger partial charge in [-0.2, -0.15) is 0 Å². The van der Waals surface area contributed by atoms with Crippen LogP contribution in [0.5, 0.6) is 0 Å². The predicted molar refractivity (Wildman–Crippen MR) is 97.1 cm³/mol. The fourth-order valence-corrected chi connectivity index (χ4v) is 5.50. The highest BCUT2D eigenvalue weighted by molar-refractivity contribution is 7.83. The molecule has 0 N–H and O–H groups in total. The van der Waals surface area contributed by atoms with Crippen LogP contribution in [0.3, 0.4) is 0 Å². The molecule has 2 aromatic carbocycles. The van der Waals surface area contributed by atoms with Gasteiger partial charge in [-0.3, -0.25) is 0 Å². The summed E-state index contributed by atoms with van der Waals surface area (Å²) in [4.78, 5) is 0. The molecule has 0 saturated carbocycles. The van der Waals surface area contributed by atoms with Gasteiger partial charge in [-0.25, -0.2) is 0 Å². The molecule has 4 aromatic rings. The van der Waals surface area contributed by atoms with E-state index in [9.17, 15) is 0 Å². The summed E-state index contributed by atoms with van der Waals surface area (Å²) in [5, 5.41) is 2.53. The Hall–Kier alpha value is -0.940. The van der Waals surface area contributed by atoms with Crippen LogP contribution >= 0.6 is 47.9 Å². The van der Waals surface area contributed by atoms with Crippen molar-refractivity contribution in [2.45, 2.75) is 8.42 Å². The van der Waals surface area contributed by atoms with Gasteiger partial charge in [0.15, 0.2) is 0 Å². The summed E-state index contributed by atoms with van der Waals surface area (Å²) in [7, 11) is 0. The van der Waals surface area contributed by atoms with Crippen LogP contribution in [0.2, 0.25) is 0 Å². The van der Waals surface area contributed by atoms with E-state index in [0.29, 0.717) is 0 Å². The molecule has 0 aliphatic carbocycles. The van der Waals surface area contributed by atoms with Crippen LogP contribution in [0.15, 0.2) is 56.9 Å². The third kappa shape index (κ3) is 1.83. The highest BCUT2D eigenvalue weighted by Gasteiger charge is 2.18. The maximum atomic E-state index is 4.70. The summed E-state index contributed by atoms with van der Waals surface area (Å²) in [6.45, 7) is 0. The zero-order valence-corrected chi connectivity index (χ0v) is 13.8. The lowest BCUT2D eigenvalue weighted by atomic mass is 10.0. The molecule has 0 saturated heterocycles. The maximum Gasteiger partial charge on any atom is 0.0660 e. The average Bonchev–Trinajstić information content (AvgIpc) is 2.94. The number of hydrogen-bond donors (Lipinski definition) is 2. The molecule has 0 radical (unpaired) electrons. The van der Waals surface area contributed by atoms with Crippen LogP contribution in [-0.4, -0.2) is 0 Å². The van der Waals surface area contributed by atoms with Crippen molar-refractivity contribution in [1.29, 1.82) is 0 Å². The third-order valence-electron chi connectivity index (χ3n) is 3.40. The summed E-state index contributed by atoms with van der Waals surface area (Å²) in [5.74, 6) is 0. The molecule has 4 rings (SSSR count). The van der Waals surface area contributed by atoms with Gasteiger partial charge in [-0.15, -0.1) is 47.9 Å². The van der Waals surface area contributed by atoms with Gasteiger partial charge in [-0.1, -0.05) is 36.4 Å². The SMILES string of the molecule is Sc1sc2ccccc2c1-c1c(S)sc2ccccc12. The van der Waals surface area contributed by atoms with E-state index < -0.39 is 0 Å². The molecule has 0 amide bonds. The molecule has 0 spiro atoms. The number of thiophene rings is 2. The van der Waals surface area contributed by atoms with Crippen molar-refractivity contribution in [2.24, 2.45) is 0 Å². The number of fused-ring (bicyclic) bond motifs is 2. The number of benzene rings is 2. The van der Waals surface area contributed by atoms with E-state index in [1.54, 1.807) is 22.7 Å². The van der Waals surface area contributed by atoms with Crippen LogP contribution in [-0.2, 0) is 0 Å². The largest absolute Gasteiger partial charge is 0.132 e. The van der Waals surface area contributed by atoms with E-state index >= 15 is 0 Å². The Bertz CT molecular complexity index is 852. The molecule has 98 valence electrons. The molecule has 0 nitrogen and oxygen atoms in total. The molecule has 0 fully saturated rings. The Kier molecular flexibility index (Phi) is 3.07. The van der Waals surface area contributed by atoms with E-state index in [4.69, 9.17) is 25.3 Å². The Balaban J connectivity index is 2.16. The molecule has 0 bridgehead atoms. The average molecular weight is 331 g/mol. The Morgan fingerprint density at radius 1 is 0.600 bits per heavy atom. The minimum atomic E-state index is 1.06. The smallest absolute Gasteiger partial charge is 0.0660 e. The Morgan fingerprint density at radius 3 is 1.45 bits per heavy atom. The van der Waals surface area contributed by atoms with Gasteiger partial charge < -0.3 is 0 Å². The molecule has 0 unspecified atom stereocenters. The summed E-state index contributed by atoms with van der Waals surface area (Å²) in [6.07, 6.45) is 0. The second kappa shape index (κ2) is 4.81. The molecular formula is C16H10S4. The first kappa shape index (κ1) is 12.8. The van der Waals surface area contributed by atoms with Crippen molar-refractivity contribution in [2.75, 3.05) is 0 Å². The molecule has 0 atom stereocenters. The quantitative estimate of drug-likeness (QED) is 0.373. The molecular weight excluding hydrogens is 320 g/mol. The van der Waals surface area contributed by atoms with Gasteiger partial charge in [0.05, 0.1) is 8.42 Å². The van der Waals surface area contributed by atoms with Gasteiger partial charge >= 0.3 is 0 Å². The predicted octanol–water partition coefficient (Wildman–Crippen LogP) is 6.36. The minimum absolute atomic E-state index is 1.06. The normalized spacial score (nSPS) is 11.5. The maximum absolute atomic E-state index is 4.70. The first-order valence-electron chi connectivity index (χ1n) is 6.17. The molecule has 0 aliphatic rings. The summed E-state index contributed by atoms with van der Waals surface area (Å²) in [6, 6.07) is 16.9. The molecule has 4 heteroatoms. The Labute approximate surface area is 135 Å². The lowest BCUT2D eigenvalue weighted by Gasteiger charge is -2.02. The molecule has 0 aliphatic heterocycles. The van der Waals surface area contributed by atoms with Crippen LogP contribution in [0.25, 0.3) is 31.3 Å². The van der Waals surface area contributed by atoms with Crippen LogP contribution in [0, 0.1) is 0 Å². The van der Waals surface area contributed by atoms with Crippen LogP contribution < -0.4 is 0 Å². The fraction of sp³-hybridized carbons (Fsp3) is 0. The van der Waals surface area contributed by atoms with Crippen LogP contribution in [0.4, 0.5) is 0 Å². The monoisotopic (exact) mass is 330 g/mol. The van der Waals surface area contributed by atoms with E-state index in [0.717, 1.165) is 8.42 Å². The van der Waals surface area contributed by atoms with E-state index in [1.807, 2.05) is 0 Å². The fourth-order valence-electron chi connectivity index (χ4n) is 2.55. The van der Waals surface area contributed by atoms with E-state index in [1.165, 1.54) is 31.3 Å². The highest BCUT2D eigenvalue weighted by atomic mass is 32.2. The summed E-state index contributed by atoms with van der Waals surface area (Å²) < 4.78 is 4.67. The van der Waals surface area contributed by atoms with Gasteiger partial charge in [-0.05, 0) is 12.1 Å². The molecule has 20 heavy (non-hydrogen) atoms. The summed E-state index contributed by atoms with van der Waals surface area (Å²) >= 11 is 12.9. The van der Waals surface area contributed by atoms with Gasteiger partial charge in [0, 0.05) is 31.3 Å². The number of rotatable bonds is 1. The van der Waals surface area contributed by atoms with Gasteiger partial charge in [0.2, 0.25) is 0 Å². The molecule has 2 aromatic heterocycles. The number of hydrogen-bond acceptors (Lipinski definition) is 4. The van der Waals surface area contributed by atoms with Gasteiger partial charge in [0.25, 0.3) is 0 Å². The van der Waals surface area contributed by atoms with E-state index in [2.05, 4.69) is 48.5 Å². The van der Waals surface area contributed by atoms with Crippen molar-refractivity contribution >= 4 is 68.1 Å². The number of thiol groups is 2. The minimum Gasteiger partial charge on any atom is -0.132 e. The zero-order valence-electron chi connectivity index (χ0n) is 10.3. The summed E-state index contributed by atoms with van der Waals surface area (Å²) in [5.41, 5.74) is 2.44. The second-order valence-corrected chi connectivity index (χ2v) is 8.16. The van der Waals surface area contributed by atoms with Crippen LogP contribution in [0.1, 0.15) is 0 Å². The zero-order chi connectivity index (χ0) is 13.7. The van der Waals surface area contributed by atoms with E-state index in [-0.39, 0.29) is 0 Å². The molecule has 2 heterocycles. The van der Waals surface area contributed by atoms with Gasteiger partial charge in [0.1, 0.15) is 0 Å². The van der Waals surface area contributed by atoms with Crippen molar-refractivity contribution in [3.63, 3.8) is 0 Å². The van der Waals surface area contributed by atoms with Crippen molar-refractivity contribution in [3.05, 3.63) is 48.5 Å². The first-order valence-corrected chi connectivity index (χ1v) is 8.70. The third-order valence-corrected chi connectivity index (χ3v) is 6.35. The van der Waals surface area contributed by atoms with Crippen molar-refractivity contribution in [1.82, 2.24) is 0 Å². The standard InChI is InChI=1S/C16H10S4/c17-15-13(9-5-1-3-7-11(9)19-15)14-10-6-2-4-8-12(10)20-16(14)18/h1-8,17-18H. The lowest BCUT2D eigenvalue weighted by Crippen LogP contribution is -1.76. The topological polar surface area (TPSA) is 0 Å². The van der Waals surface area contributed by atoms with Crippen molar-refractivity contribution in [3.8, 4) is 11.1 Å². The second-order valence-electron chi connectivity index (χ2n) is 4.56. The lowest BCUT2D eigenvalue weighted by molar-refractivity contribution is 1.65. The van der Waals surface area contributed by atoms with Crippen molar-refractivity contribution < 1.29 is 0 Å². The first-order chi connectivity index (χ1) is 9.75.